The molecule has 1 rings (SSSR count). The molecule has 0 aromatic carbocycles. The zero-order valence-corrected chi connectivity index (χ0v) is 12.8. The lowest BCUT2D eigenvalue weighted by molar-refractivity contribution is -0.129. The summed E-state index contributed by atoms with van der Waals surface area (Å²) >= 11 is 0. The van der Waals surface area contributed by atoms with Crippen molar-refractivity contribution in [1.82, 2.24) is 25.0 Å². The molecule has 20 heavy (non-hydrogen) atoms. The van der Waals surface area contributed by atoms with Crippen LogP contribution in [-0.4, -0.2) is 64.0 Å². The smallest absolute Gasteiger partial charge is 0.293 e. The molecule has 0 radical (unpaired) electrons. The molecule has 1 aromatic rings. The van der Waals surface area contributed by atoms with Crippen LogP contribution in [0.5, 0.6) is 0 Å². The number of aromatic amines is 1. The number of hydrogen-bond acceptors (Lipinski definition) is 4. The molecule has 0 fully saturated rings. The maximum Gasteiger partial charge on any atom is 0.293 e. The molecule has 0 aliphatic heterocycles. The Morgan fingerprint density at radius 1 is 1.30 bits per heavy atom. The highest BCUT2D eigenvalue weighted by Gasteiger charge is 2.23. The van der Waals surface area contributed by atoms with Crippen LogP contribution in [0.3, 0.4) is 0 Å². The van der Waals surface area contributed by atoms with Crippen molar-refractivity contribution in [3.8, 4) is 0 Å². The summed E-state index contributed by atoms with van der Waals surface area (Å²) in [5, 5.41) is 6.70. The van der Waals surface area contributed by atoms with Gasteiger partial charge in [0.05, 0.1) is 0 Å². The fraction of sp³-hybridized carbons (Fsp3) is 0.692. The predicted octanol–water partition coefficient (Wildman–Crippen LogP) is 0.868. The van der Waals surface area contributed by atoms with Crippen molar-refractivity contribution in [2.24, 2.45) is 0 Å². The molecule has 112 valence electrons. The highest BCUT2D eigenvalue weighted by Crippen LogP contribution is 2.09. The molecule has 0 aliphatic rings. The van der Waals surface area contributed by atoms with E-state index in [0.29, 0.717) is 12.4 Å². The average molecular weight is 281 g/mol. The van der Waals surface area contributed by atoms with Gasteiger partial charge < -0.3 is 9.80 Å². The first-order valence-electron chi connectivity index (χ1n) is 6.78. The van der Waals surface area contributed by atoms with E-state index in [-0.39, 0.29) is 30.1 Å². The van der Waals surface area contributed by atoms with Crippen LogP contribution in [0.25, 0.3) is 0 Å². The third kappa shape index (κ3) is 4.04. The molecule has 1 N–H and O–H groups in total. The Bertz CT molecular complexity index is 467. The number of rotatable bonds is 6. The van der Waals surface area contributed by atoms with Crippen molar-refractivity contribution in [3.05, 3.63) is 11.6 Å². The van der Waals surface area contributed by atoms with E-state index in [4.69, 9.17) is 0 Å². The van der Waals surface area contributed by atoms with Crippen LogP contribution in [0.15, 0.2) is 0 Å². The van der Waals surface area contributed by atoms with E-state index < -0.39 is 0 Å². The predicted molar refractivity (Wildman–Crippen MR) is 75.4 cm³/mol. The first kappa shape index (κ1) is 16.1. The van der Waals surface area contributed by atoms with Crippen LogP contribution >= 0.6 is 0 Å². The third-order valence-electron chi connectivity index (χ3n) is 2.85. The summed E-state index contributed by atoms with van der Waals surface area (Å²) in [6.07, 6.45) is 0.772. The van der Waals surface area contributed by atoms with Crippen molar-refractivity contribution in [3.63, 3.8) is 0 Å². The van der Waals surface area contributed by atoms with Crippen molar-refractivity contribution >= 4 is 11.8 Å². The minimum absolute atomic E-state index is 0.0469. The lowest BCUT2D eigenvalue weighted by atomic mass is 10.2. The van der Waals surface area contributed by atoms with Gasteiger partial charge in [0.25, 0.3) is 5.91 Å². The summed E-state index contributed by atoms with van der Waals surface area (Å²) < 4.78 is 0. The minimum Gasteiger partial charge on any atom is -0.347 e. The highest BCUT2D eigenvalue weighted by atomic mass is 16.2. The molecule has 2 amide bonds. The van der Waals surface area contributed by atoms with E-state index >= 15 is 0 Å². The second kappa shape index (κ2) is 7.02. The van der Waals surface area contributed by atoms with Crippen LogP contribution in [0, 0.1) is 0 Å². The minimum atomic E-state index is -0.315. The monoisotopic (exact) mass is 281 g/mol. The molecule has 0 bridgehead atoms. The van der Waals surface area contributed by atoms with Gasteiger partial charge in [-0.2, -0.15) is 0 Å². The molecule has 0 atom stereocenters. The number of nitrogens with zero attached hydrogens (tertiary/aromatic N) is 4. The number of H-pyrrole nitrogens is 1. The summed E-state index contributed by atoms with van der Waals surface area (Å²) in [5.74, 6) is 0.529. The van der Waals surface area contributed by atoms with E-state index in [1.165, 1.54) is 9.80 Å². The van der Waals surface area contributed by atoms with Crippen molar-refractivity contribution in [1.29, 1.82) is 0 Å². The number of hydrogen-bond donors (Lipinski definition) is 1. The maximum atomic E-state index is 12.3. The molecule has 0 saturated carbocycles. The molecular formula is C13H23N5O2. The first-order chi connectivity index (χ1) is 9.36. The van der Waals surface area contributed by atoms with Crippen molar-refractivity contribution < 1.29 is 9.59 Å². The van der Waals surface area contributed by atoms with Crippen LogP contribution in [0.4, 0.5) is 0 Å². The summed E-state index contributed by atoms with van der Waals surface area (Å²) in [5.41, 5.74) is 0. The fourth-order valence-corrected chi connectivity index (χ4v) is 1.60. The quantitative estimate of drug-likeness (QED) is 0.838. The van der Waals surface area contributed by atoms with Gasteiger partial charge in [0.15, 0.2) is 0 Å². The van der Waals surface area contributed by atoms with Gasteiger partial charge in [-0.15, -0.1) is 5.10 Å². The number of likely N-dealkylation sites (N-methyl/N-ethyl adjacent to an activating group) is 1. The van der Waals surface area contributed by atoms with Crippen LogP contribution in [0.1, 0.15) is 49.6 Å². The lowest BCUT2D eigenvalue weighted by Crippen LogP contribution is -2.41. The zero-order valence-electron chi connectivity index (χ0n) is 12.8. The van der Waals surface area contributed by atoms with Crippen LogP contribution in [0.2, 0.25) is 0 Å². The Hall–Kier alpha value is -1.92. The van der Waals surface area contributed by atoms with E-state index in [2.05, 4.69) is 15.2 Å². The number of carbonyl (C=O) groups excluding carboxylic acids is 2. The van der Waals surface area contributed by atoms with Gasteiger partial charge in [0, 0.05) is 26.6 Å². The molecule has 1 heterocycles. The molecule has 0 unspecified atom stereocenters. The summed E-state index contributed by atoms with van der Waals surface area (Å²) in [6, 6.07) is 0. The van der Waals surface area contributed by atoms with Gasteiger partial charge >= 0.3 is 0 Å². The van der Waals surface area contributed by atoms with Crippen LogP contribution in [-0.2, 0) is 4.79 Å². The summed E-state index contributed by atoms with van der Waals surface area (Å²) in [6.45, 7) is 6.44. The molecular weight excluding hydrogens is 258 g/mol. The van der Waals surface area contributed by atoms with Crippen molar-refractivity contribution in [2.45, 2.75) is 33.1 Å². The third-order valence-corrected chi connectivity index (χ3v) is 2.85. The zero-order chi connectivity index (χ0) is 15.3. The second-order valence-corrected chi connectivity index (χ2v) is 5.21. The Kier molecular flexibility index (Phi) is 5.66. The average Bonchev–Trinajstić information content (AvgIpc) is 2.86. The summed E-state index contributed by atoms with van der Waals surface area (Å²) in [4.78, 5) is 31.2. The van der Waals surface area contributed by atoms with E-state index in [9.17, 15) is 9.59 Å². The SMILES string of the molecule is CCCN(CC(=O)N(C)C)C(=O)c1n[nH]c(C(C)C)n1. The maximum absolute atomic E-state index is 12.3. The van der Waals surface area contributed by atoms with Gasteiger partial charge in [-0.1, -0.05) is 20.8 Å². The largest absolute Gasteiger partial charge is 0.347 e. The normalized spacial score (nSPS) is 10.7. The van der Waals surface area contributed by atoms with Crippen molar-refractivity contribution in [2.75, 3.05) is 27.2 Å². The molecule has 7 heteroatoms. The Morgan fingerprint density at radius 2 is 1.95 bits per heavy atom. The lowest BCUT2D eigenvalue weighted by Gasteiger charge is -2.21. The van der Waals surface area contributed by atoms with Gasteiger partial charge in [-0.05, 0) is 6.42 Å². The van der Waals surface area contributed by atoms with Crippen LogP contribution < -0.4 is 0 Å². The van der Waals surface area contributed by atoms with E-state index in [1.807, 2.05) is 20.8 Å². The Balaban J connectivity index is 2.84. The molecule has 1 aromatic heterocycles. The Morgan fingerprint density at radius 3 is 2.40 bits per heavy atom. The Labute approximate surface area is 119 Å². The fourth-order valence-electron chi connectivity index (χ4n) is 1.60. The number of nitrogens with one attached hydrogen (secondary N) is 1. The van der Waals surface area contributed by atoms with Gasteiger partial charge in [0.1, 0.15) is 12.4 Å². The topological polar surface area (TPSA) is 82.2 Å². The number of carbonyl (C=O) groups is 2. The number of aromatic nitrogens is 3. The molecule has 0 spiro atoms. The molecule has 7 nitrogen and oxygen atoms in total. The molecule has 0 saturated heterocycles. The number of amides is 2. The second-order valence-electron chi connectivity index (χ2n) is 5.21. The standard InChI is InChI=1S/C13H23N5O2/c1-6-7-18(8-10(19)17(4)5)13(20)12-14-11(9(2)3)15-16-12/h9H,6-8H2,1-5H3,(H,14,15,16). The first-order valence-corrected chi connectivity index (χ1v) is 6.78. The molecule has 0 aliphatic carbocycles. The van der Waals surface area contributed by atoms with Gasteiger partial charge in [-0.3, -0.25) is 14.7 Å². The van der Waals surface area contributed by atoms with Gasteiger partial charge in [-0.25, -0.2) is 4.98 Å². The summed E-state index contributed by atoms with van der Waals surface area (Å²) in [7, 11) is 3.33. The highest BCUT2D eigenvalue weighted by molar-refractivity contribution is 5.93. The van der Waals surface area contributed by atoms with E-state index in [0.717, 1.165) is 6.42 Å². The van der Waals surface area contributed by atoms with E-state index in [1.54, 1.807) is 14.1 Å². The van der Waals surface area contributed by atoms with Gasteiger partial charge in [0.2, 0.25) is 11.7 Å².